The zero-order valence-corrected chi connectivity index (χ0v) is 10.0. The molecule has 1 aromatic heterocycles. The fraction of sp³-hybridized carbons (Fsp3) is 0.600. The van der Waals surface area contributed by atoms with E-state index in [1.165, 1.54) is 0 Å². The highest BCUT2D eigenvalue weighted by molar-refractivity contribution is 6.29. The summed E-state index contributed by atoms with van der Waals surface area (Å²) in [6, 6.07) is 0. The Labute approximate surface area is 93.6 Å². The van der Waals surface area contributed by atoms with Crippen LogP contribution in [0, 0.1) is 12.7 Å². The molecule has 0 amide bonds. The highest BCUT2D eigenvalue weighted by Gasteiger charge is 2.28. The first-order valence-corrected chi connectivity index (χ1v) is 5.07. The Hall–Kier alpha value is -0.740. The smallest absolute Gasteiger partial charge is 0.181 e. The minimum Gasteiger partial charge on any atom is -0.371 e. The van der Waals surface area contributed by atoms with E-state index in [2.05, 4.69) is 9.97 Å². The van der Waals surface area contributed by atoms with Crippen molar-refractivity contribution < 1.29 is 9.13 Å². The number of hydrogen-bond acceptors (Lipinski definition) is 3. The van der Waals surface area contributed by atoms with Crippen LogP contribution in [0.3, 0.4) is 0 Å². The second kappa shape index (κ2) is 4.41. The van der Waals surface area contributed by atoms with Gasteiger partial charge >= 0.3 is 0 Å². The molecule has 0 saturated carbocycles. The van der Waals surface area contributed by atoms with E-state index < -0.39 is 11.4 Å². The minimum absolute atomic E-state index is 0.158. The van der Waals surface area contributed by atoms with E-state index in [4.69, 9.17) is 16.3 Å². The van der Waals surface area contributed by atoms with Crippen molar-refractivity contribution in [1.29, 1.82) is 0 Å². The van der Waals surface area contributed by atoms with Crippen LogP contribution in [0.25, 0.3) is 0 Å². The van der Waals surface area contributed by atoms with Gasteiger partial charge in [0.05, 0.1) is 5.69 Å². The zero-order chi connectivity index (χ0) is 11.6. The molecule has 1 atom stereocenters. The number of ether oxygens (including phenoxy) is 1. The molecule has 1 heterocycles. The second-order valence-electron chi connectivity index (χ2n) is 3.53. The van der Waals surface area contributed by atoms with Crippen LogP contribution in [0.2, 0.25) is 5.15 Å². The molecule has 1 rings (SSSR count). The van der Waals surface area contributed by atoms with Crippen LogP contribution in [-0.2, 0) is 10.3 Å². The maximum atomic E-state index is 13.2. The summed E-state index contributed by atoms with van der Waals surface area (Å²) in [5.41, 5.74) is -0.385. The van der Waals surface area contributed by atoms with Crippen molar-refractivity contribution in [2.75, 3.05) is 7.11 Å². The predicted molar refractivity (Wildman–Crippen MR) is 56.4 cm³/mol. The topological polar surface area (TPSA) is 35.0 Å². The van der Waals surface area contributed by atoms with Crippen molar-refractivity contribution in [1.82, 2.24) is 9.97 Å². The zero-order valence-electron chi connectivity index (χ0n) is 9.27. The summed E-state index contributed by atoms with van der Waals surface area (Å²) in [6.45, 7) is 5.34. The van der Waals surface area contributed by atoms with Crippen LogP contribution in [0.1, 0.15) is 31.8 Å². The molecule has 1 aromatic rings. The Morgan fingerprint density at radius 1 is 1.47 bits per heavy atom. The molecular formula is C10H14ClFN2O. The van der Waals surface area contributed by atoms with E-state index in [1.807, 2.05) is 13.8 Å². The number of hydrogen-bond donors (Lipinski definition) is 0. The molecule has 0 aromatic carbocycles. The Kier molecular flexibility index (Phi) is 3.62. The van der Waals surface area contributed by atoms with Crippen LogP contribution in [0.5, 0.6) is 0 Å². The summed E-state index contributed by atoms with van der Waals surface area (Å²) in [4.78, 5) is 7.95. The molecule has 0 N–H and O–H groups in total. The summed E-state index contributed by atoms with van der Waals surface area (Å²) >= 11 is 5.66. The Bertz CT molecular complexity index is 343. The van der Waals surface area contributed by atoms with Gasteiger partial charge in [-0.3, -0.25) is 0 Å². The predicted octanol–water partition coefficient (Wildman–Crippen LogP) is 2.85. The third kappa shape index (κ3) is 2.26. The van der Waals surface area contributed by atoms with Gasteiger partial charge in [0.2, 0.25) is 0 Å². The van der Waals surface area contributed by atoms with Gasteiger partial charge in [-0.05, 0) is 20.3 Å². The quantitative estimate of drug-likeness (QED) is 0.752. The fourth-order valence-electron chi connectivity index (χ4n) is 1.15. The number of halogens is 2. The van der Waals surface area contributed by atoms with E-state index in [0.29, 0.717) is 12.2 Å². The normalized spacial score (nSPS) is 15.1. The van der Waals surface area contributed by atoms with E-state index in [0.717, 1.165) is 0 Å². The maximum Gasteiger partial charge on any atom is 0.181 e. The third-order valence-electron chi connectivity index (χ3n) is 2.57. The fourth-order valence-corrected chi connectivity index (χ4v) is 1.37. The molecule has 0 fully saturated rings. The standard InChI is InChI=1S/C10H14ClFN2O/c1-5-10(3,15-4)9-13-6(2)7(12)8(11)14-9/h5H2,1-4H3. The van der Waals surface area contributed by atoms with Gasteiger partial charge in [-0.2, -0.15) is 0 Å². The number of rotatable bonds is 3. The van der Waals surface area contributed by atoms with Gasteiger partial charge < -0.3 is 4.74 Å². The van der Waals surface area contributed by atoms with Gasteiger partial charge in [0.25, 0.3) is 0 Å². The van der Waals surface area contributed by atoms with Gasteiger partial charge in [0.1, 0.15) is 5.60 Å². The first-order valence-electron chi connectivity index (χ1n) is 4.70. The van der Waals surface area contributed by atoms with Crippen LogP contribution in [-0.4, -0.2) is 17.1 Å². The maximum absolute atomic E-state index is 13.2. The molecule has 1 unspecified atom stereocenters. The van der Waals surface area contributed by atoms with Crippen molar-refractivity contribution in [2.24, 2.45) is 0 Å². The number of nitrogens with zero attached hydrogens (tertiary/aromatic N) is 2. The molecule has 0 aliphatic carbocycles. The molecule has 0 aliphatic heterocycles. The lowest BCUT2D eigenvalue weighted by Crippen LogP contribution is -2.27. The van der Waals surface area contributed by atoms with Crippen LogP contribution >= 0.6 is 11.6 Å². The van der Waals surface area contributed by atoms with E-state index >= 15 is 0 Å². The Morgan fingerprint density at radius 2 is 2.07 bits per heavy atom. The summed E-state index contributed by atoms with van der Waals surface area (Å²) in [5.74, 6) is -0.161. The summed E-state index contributed by atoms with van der Waals surface area (Å²) in [7, 11) is 1.57. The van der Waals surface area contributed by atoms with E-state index in [9.17, 15) is 4.39 Å². The SMILES string of the molecule is CCC(C)(OC)c1nc(C)c(F)c(Cl)n1. The van der Waals surface area contributed by atoms with Crippen molar-refractivity contribution in [3.05, 3.63) is 22.5 Å². The van der Waals surface area contributed by atoms with Crippen LogP contribution in [0.4, 0.5) is 4.39 Å². The van der Waals surface area contributed by atoms with Crippen molar-refractivity contribution in [3.63, 3.8) is 0 Å². The first kappa shape index (κ1) is 12.3. The second-order valence-corrected chi connectivity index (χ2v) is 3.88. The van der Waals surface area contributed by atoms with Gasteiger partial charge in [0, 0.05) is 7.11 Å². The summed E-state index contributed by atoms with van der Waals surface area (Å²) in [5, 5.41) is -0.158. The van der Waals surface area contributed by atoms with Crippen LogP contribution in [0.15, 0.2) is 0 Å². The highest BCUT2D eigenvalue weighted by Crippen LogP contribution is 2.27. The molecule has 0 radical (unpaired) electrons. The van der Waals surface area contributed by atoms with Gasteiger partial charge in [-0.25, -0.2) is 14.4 Å². The Morgan fingerprint density at radius 3 is 2.47 bits per heavy atom. The number of aryl methyl sites for hydroxylation is 1. The monoisotopic (exact) mass is 232 g/mol. The largest absolute Gasteiger partial charge is 0.371 e. The molecule has 3 nitrogen and oxygen atoms in total. The molecule has 0 saturated heterocycles. The molecule has 0 bridgehead atoms. The van der Waals surface area contributed by atoms with Crippen molar-refractivity contribution in [3.8, 4) is 0 Å². The van der Waals surface area contributed by atoms with Crippen molar-refractivity contribution in [2.45, 2.75) is 32.8 Å². The number of aromatic nitrogens is 2. The highest BCUT2D eigenvalue weighted by atomic mass is 35.5. The molecular weight excluding hydrogens is 219 g/mol. The average molecular weight is 233 g/mol. The lowest BCUT2D eigenvalue weighted by atomic mass is 10.0. The minimum atomic E-state index is -0.623. The molecule has 15 heavy (non-hydrogen) atoms. The van der Waals surface area contributed by atoms with Gasteiger partial charge in [-0.15, -0.1) is 0 Å². The van der Waals surface area contributed by atoms with Gasteiger partial charge in [0.15, 0.2) is 16.8 Å². The molecule has 84 valence electrons. The third-order valence-corrected chi connectivity index (χ3v) is 2.83. The number of methoxy groups -OCH3 is 1. The Balaban J connectivity index is 3.27. The average Bonchev–Trinajstić information content (AvgIpc) is 2.24. The molecule has 5 heteroatoms. The first-order chi connectivity index (χ1) is 6.94. The summed E-state index contributed by atoms with van der Waals surface area (Å²) < 4.78 is 18.5. The summed E-state index contributed by atoms with van der Waals surface area (Å²) in [6.07, 6.45) is 0.685. The molecule has 0 spiro atoms. The van der Waals surface area contributed by atoms with E-state index in [-0.39, 0.29) is 10.8 Å². The van der Waals surface area contributed by atoms with Gasteiger partial charge in [-0.1, -0.05) is 18.5 Å². The lowest BCUT2D eigenvalue weighted by molar-refractivity contribution is -0.00925. The van der Waals surface area contributed by atoms with Crippen LogP contribution < -0.4 is 0 Å². The molecule has 0 aliphatic rings. The van der Waals surface area contributed by atoms with E-state index in [1.54, 1.807) is 14.0 Å². The lowest BCUT2D eigenvalue weighted by Gasteiger charge is -2.25. The van der Waals surface area contributed by atoms with Crippen molar-refractivity contribution >= 4 is 11.6 Å².